The molecule has 0 spiro atoms. The van der Waals surface area contributed by atoms with Crippen LogP contribution in [0, 0.1) is 0 Å². The fourth-order valence-electron chi connectivity index (χ4n) is 1.68. The molecule has 1 aliphatic heterocycles. The predicted octanol–water partition coefficient (Wildman–Crippen LogP) is 1.88. The van der Waals surface area contributed by atoms with Gasteiger partial charge in [0, 0.05) is 12.2 Å². The van der Waals surface area contributed by atoms with Crippen LogP contribution in [0.15, 0.2) is 24.3 Å². The van der Waals surface area contributed by atoms with Gasteiger partial charge in [0.25, 0.3) is 0 Å². The van der Waals surface area contributed by atoms with Crippen molar-refractivity contribution in [2.24, 2.45) is 5.73 Å². The molecule has 1 aromatic rings. The van der Waals surface area contributed by atoms with Gasteiger partial charge >= 0.3 is 0 Å². The van der Waals surface area contributed by atoms with Gasteiger partial charge in [-0.2, -0.15) is 0 Å². The van der Waals surface area contributed by atoms with E-state index in [9.17, 15) is 0 Å². The van der Waals surface area contributed by atoms with E-state index < -0.39 is 0 Å². The van der Waals surface area contributed by atoms with Crippen molar-refractivity contribution in [3.8, 4) is 5.75 Å². The van der Waals surface area contributed by atoms with Crippen LogP contribution in [0.25, 0.3) is 0 Å². The summed E-state index contributed by atoms with van der Waals surface area (Å²) in [5, 5.41) is 0. The normalized spacial score (nSPS) is 19.6. The summed E-state index contributed by atoms with van der Waals surface area (Å²) in [4.78, 5) is 0.408. The number of thiocarbonyl (C=S) groups is 1. The van der Waals surface area contributed by atoms with E-state index in [4.69, 9.17) is 27.4 Å². The van der Waals surface area contributed by atoms with E-state index in [0.29, 0.717) is 11.6 Å². The summed E-state index contributed by atoms with van der Waals surface area (Å²) < 4.78 is 11.1. The van der Waals surface area contributed by atoms with Crippen LogP contribution < -0.4 is 10.5 Å². The number of rotatable bonds is 4. The summed E-state index contributed by atoms with van der Waals surface area (Å²) in [6, 6.07) is 7.49. The largest absolute Gasteiger partial charge is 0.491 e. The second-order valence-electron chi connectivity index (χ2n) is 3.83. The van der Waals surface area contributed by atoms with Crippen molar-refractivity contribution in [1.82, 2.24) is 0 Å². The monoisotopic (exact) mass is 237 g/mol. The van der Waals surface area contributed by atoms with Gasteiger partial charge in [-0.1, -0.05) is 12.2 Å². The highest BCUT2D eigenvalue weighted by atomic mass is 32.1. The molecule has 0 aromatic heterocycles. The first-order chi connectivity index (χ1) is 7.75. The number of nitrogens with two attached hydrogens (primary N) is 1. The molecule has 0 bridgehead atoms. The number of hydrogen-bond acceptors (Lipinski definition) is 3. The maximum absolute atomic E-state index is 5.62. The van der Waals surface area contributed by atoms with Gasteiger partial charge in [-0.15, -0.1) is 0 Å². The second kappa shape index (κ2) is 5.27. The summed E-state index contributed by atoms with van der Waals surface area (Å²) >= 11 is 4.87. The van der Waals surface area contributed by atoms with Gasteiger partial charge in [-0.05, 0) is 37.1 Å². The first-order valence-electron chi connectivity index (χ1n) is 5.40. The summed E-state index contributed by atoms with van der Waals surface area (Å²) in [6.45, 7) is 1.47. The smallest absolute Gasteiger partial charge is 0.119 e. The van der Waals surface area contributed by atoms with Gasteiger partial charge < -0.3 is 15.2 Å². The van der Waals surface area contributed by atoms with Gasteiger partial charge in [0.2, 0.25) is 0 Å². The molecule has 3 nitrogen and oxygen atoms in total. The molecule has 1 atom stereocenters. The van der Waals surface area contributed by atoms with Crippen molar-refractivity contribution in [3.05, 3.63) is 29.8 Å². The fourth-order valence-corrected chi connectivity index (χ4v) is 1.82. The Balaban J connectivity index is 1.87. The van der Waals surface area contributed by atoms with E-state index in [-0.39, 0.29) is 6.10 Å². The van der Waals surface area contributed by atoms with E-state index in [0.717, 1.165) is 30.8 Å². The predicted molar refractivity (Wildman–Crippen MR) is 66.8 cm³/mol. The molecule has 2 rings (SSSR count). The molecule has 4 heteroatoms. The third-order valence-corrected chi connectivity index (χ3v) is 2.83. The fraction of sp³-hybridized carbons (Fsp3) is 0.417. The van der Waals surface area contributed by atoms with Gasteiger partial charge in [0.05, 0.1) is 6.10 Å². The van der Waals surface area contributed by atoms with E-state index in [1.165, 1.54) is 0 Å². The Kier molecular flexibility index (Phi) is 3.74. The minimum atomic E-state index is 0.246. The lowest BCUT2D eigenvalue weighted by atomic mass is 10.2. The van der Waals surface area contributed by atoms with Gasteiger partial charge in [0.15, 0.2) is 0 Å². The summed E-state index contributed by atoms with van der Waals surface area (Å²) in [7, 11) is 0. The van der Waals surface area contributed by atoms with Crippen LogP contribution in [0.1, 0.15) is 18.4 Å². The van der Waals surface area contributed by atoms with Crippen molar-refractivity contribution < 1.29 is 9.47 Å². The lowest BCUT2D eigenvalue weighted by Crippen LogP contribution is -2.16. The molecule has 86 valence electrons. The minimum Gasteiger partial charge on any atom is -0.491 e. The Morgan fingerprint density at radius 3 is 2.75 bits per heavy atom. The van der Waals surface area contributed by atoms with Crippen LogP contribution in [-0.4, -0.2) is 24.3 Å². The molecule has 0 aliphatic carbocycles. The van der Waals surface area contributed by atoms with Crippen molar-refractivity contribution in [1.29, 1.82) is 0 Å². The molecular weight excluding hydrogens is 222 g/mol. The van der Waals surface area contributed by atoms with Crippen LogP contribution in [0.2, 0.25) is 0 Å². The minimum absolute atomic E-state index is 0.246. The third kappa shape index (κ3) is 2.93. The molecule has 1 saturated heterocycles. The molecular formula is C12H15NO2S. The van der Waals surface area contributed by atoms with Crippen LogP contribution in [0.3, 0.4) is 0 Å². The van der Waals surface area contributed by atoms with E-state index in [1.54, 1.807) is 0 Å². The Morgan fingerprint density at radius 1 is 1.44 bits per heavy atom. The topological polar surface area (TPSA) is 44.5 Å². The highest BCUT2D eigenvalue weighted by Crippen LogP contribution is 2.16. The van der Waals surface area contributed by atoms with Crippen LogP contribution >= 0.6 is 12.2 Å². The molecule has 1 heterocycles. The van der Waals surface area contributed by atoms with E-state index in [2.05, 4.69) is 0 Å². The average Bonchev–Trinajstić information content (AvgIpc) is 2.80. The summed E-state index contributed by atoms with van der Waals surface area (Å²) in [6.07, 6.45) is 2.47. The molecule has 1 aliphatic rings. The summed E-state index contributed by atoms with van der Waals surface area (Å²) in [5.41, 5.74) is 6.37. The molecule has 1 aromatic carbocycles. The Bertz CT molecular complexity index is 358. The number of benzene rings is 1. The zero-order chi connectivity index (χ0) is 11.4. The first kappa shape index (κ1) is 11.4. The van der Waals surface area contributed by atoms with E-state index in [1.807, 2.05) is 24.3 Å². The SMILES string of the molecule is NC(=S)c1ccc(OCC2CCCO2)cc1. The van der Waals surface area contributed by atoms with Crippen LogP contribution in [0.5, 0.6) is 5.75 Å². The second-order valence-corrected chi connectivity index (χ2v) is 4.27. The Morgan fingerprint density at radius 2 is 2.19 bits per heavy atom. The third-order valence-electron chi connectivity index (χ3n) is 2.60. The maximum Gasteiger partial charge on any atom is 0.119 e. The van der Waals surface area contributed by atoms with Crippen molar-refractivity contribution >= 4 is 17.2 Å². The Hall–Kier alpha value is -1.13. The highest BCUT2D eigenvalue weighted by molar-refractivity contribution is 7.80. The van der Waals surface area contributed by atoms with Crippen molar-refractivity contribution in [2.75, 3.05) is 13.2 Å². The number of hydrogen-bond donors (Lipinski definition) is 1. The van der Waals surface area contributed by atoms with Gasteiger partial charge in [-0.25, -0.2) is 0 Å². The lowest BCUT2D eigenvalue weighted by Gasteiger charge is -2.11. The molecule has 0 radical (unpaired) electrons. The maximum atomic E-state index is 5.62. The molecule has 0 amide bonds. The lowest BCUT2D eigenvalue weighted by molar-refractivity contribution is 0.0679. The Labute approximate surface area is 101 Å². The molecule has 0 saturated carbocycles. The van der Waals surface area contributed by atoms with Gasteiger partial charge in [-0.3, -0.25) is 0 Å². The van der Waals surface area contributed by atoms with Crippen LogP contribution in [0.4, 0.5) is 0 Å². The van der Waals surface area contributed by atoms with Crippen LogP contribution in [-0.2, 0) is 4.74 Å². The molecule has 1 fully saturated rings. The van der Waals surface area contributed by atoms with E-state index >= 15 is 0 Å². The summed E-state index contributed by atoms with van der Waals surface area (Å²) in [5.74, 6) is 0.829. The zero-order valence-corrected chi connectivity index (χ0v) is 9.83. The zero-order valence-electron chi connectivity index (χ0n) is 9.02. The van der Waals surface area contributed by atoms with Crippen molar-refractivity contribution in [2.45, 2.75) is 18.9 Å². The standard InChI is InChI=1S/C12H15NO2S/c13-12(16)9-3-5-10(6-4-9)15-8-11-2-1-7-14-11/h3-6,11H,1-2,7-8H2,(H2,13,16). The first-order valence-corrected chi connectivity index (χ1v) is 5.81. The number of ether oxygens (including phenoxy) is 2. The highest BCUT2D eigenvalue weighted by Gasteiger charge is 2.15. The average molecular weight is 237 g/mol. The molecule has 16 heavy (non-hydrogen) atoms. The van der Waals surface area contributed by atoms with Gasteiger partial charge in [0.1, 0.15) is 17.3 Å². The molecule has 1 unspecified atom stereocenters. The quantitative estimate of drug-likeness (QED) is 0.812. The molecule has 2 N–H and O–H groups in total. The van der Waals surface area contributed by atoms with Crippen molar-refractivity contribution in [3.63, 3.8) is 0 Å².